The van der Waals surface area contributed by atoms with Crippen LogP contribution in [0.5, 0.6) is 0 Å². The third-order valence-corrected chi connectivity index (χ3v) is 8.31. The van der Waals surface area contributed by atoms with Crippen LogP contribution in [0.4, 0.5) is 34.3 Å². The summed E-state index contributed by atoms with van der Waals surface area (Å²) < 4.78 is 0. The van der Waals surface area contributed by atoms with Crippen molar-refractivity contribution in [2.75, 3.05) is 9.80 Å². The van der Waals surface area contributed by atoms with Crippen LogP contribution in [0.1, 0.15) is 0 Å². The first-order chi connectivity index (χ1) is 18.4. The van der Waals surface area contributed by atoms with Gasteiger partial charge in [-0.1, -0.05) is 84.6 Å². The number of aromatic nitrogens is 1. The number of fused-ring (bicyclic) bond motifs is 5. The van der Waals surface area contributed by atoms with Crippen molar-refractivity contribution in [3.63, 3.8) is 0 Å². The van der Waals surface area contributed by atoms with E-state index in [0.717, 1.165) is 22.9 Å². The summed E-state index contributed by atoms with van der Waals surface area (Å²) in [6, 6.07) is 43.3. The molecule has 0 fully saturated rings. The third-order valence-electron chi connectivity index (χ3n) is 7.19. The molecule has 0 bridgehead atoms. The van der Waals surface area contributed by atoms with Gasteiger partial charge in [0.05, 0.1) is 22.7 Å². The number of anilines is 6. The molecule has 0 aliphatic carbocycles. The number of hydrogen-bond acceptors (Lipinski definition) is 4. The van der Waals surface area contributed by atoms with Gasteiger partial charge in [-0.05, 0) is 59.5 Å². The lowest BCUT2D eigenvalue weighted by molar-refractivity contribution is 1.10. The molecule has 3 heterocycles. The van der Waals surface area contributed by atoms with Crippen molar-refractivity contribution < 1.29 is 0 Å². The van der Waals surface area contributed by atoms with E-state index in [-0.39, 0.29) is 0 Å². The van der Waals surface area contributed by atoms with E-state index in [4.69, 9.17) is 4.98 Å². The lowest BCUT2D eigenvalue weighted by atomic mass is 9.89. The Morgan fingerprint density at radius 2 is 1.30 bits per heavy atom. The highest BCUT2D eigenvalue weighted by Gasteiger charge is 2.35. The maximum atomic E-state index is 4.83. The molecule has 5 aromatic carbocycles. The summed E-state index contributed by atoms with van der Waals surface area (Å²) >= 11 is 1.83. The fraction of sp³-hybridized carbons (Fsp3) is 0. The average Bonchev–Trinajstić information content (AvgIpc) is 2.97. The summed E-state index contributed by atoms with van der Waals surface area (Å²) in [6.45, 7) is 0. The second-order valence-corrected chi connectivity index (χ2v) is 10.3. The van der Waals surface area contributed by atoms with E-state index in [1.807, 2.05) is 24.0 Å². The van der Waals surface area contributed by atoms with Gasteiger partial charge in [0.2, 0.25) is 0 Å². The van der Waals surface area contributed by atoms with E-state index in [1.165, 1.54) is 43.1 Å². The lowest BCUT2D eigenvalue weighted by Gasteiger charge is -2.40. The highest BCUT2D eigenvalue weighted by atomic mass is 32.2. The van der Waals surface area contributed by atoms with Gasteiger partial charge in [-0.3, -0.25) is 4.90 Å². The molecule has 6 aromatic rings. The Labute approximate surface area is 219 Å². The molecular weight excluding hydrogens is 470 g/mol. The summed E-state index contributed by atoms with van der Waals surface area (Å²) in [4.78, 5) is 12.0. The molecule has 8 rings (SSSR count). The molecule has 0 N–H and O–H groups in total. The van der Waals surface area contributed by atoms with E-state index in [9.17, 15) is 0 Å². The molecule has 0 spiro atoms. The number of nitrogens with zero attached hydrogens (tertiary/aromatic N) is 3. The van der Waals surface area contributed by atoms with E-state index < -0.39 is 0 Å². The van der Waals surface area contributed by atoms with E-state index >= 15 is 0 Å². The van der Waals surface area contributed by atoms with Crippen LogP contribution in [0, 0.1) is 0 Å². The van der Waals surface area contributed by atoms with E-state index in [0.29, 0.717) is 0 Å². The number of hydrogen-bond donors (Lipinski definition) is 0. The molecule has 0 saturated carbocycles. The SMILES string of the molecule is c1ccc(N2c3c(ccc4c3N(c3ccccn3)c3ccccc3S4)-c3cccc4cccc2c34)cc1. The van der Waals surface area contributed by atoms with Gasteiger partial charge < -0.3 is 4.90 Å². The van der Waals surface area contributed by atoms with Crippen LogP contribution in [-0.4, -0.2) is 4.98 Å². The largest absolute Gasteiger partial charge is 0.307 e. The first-order valence-electron chi connectivity index (χ1n) is 12.4. The number of benzene rings is 5. The van der Waals surface area contributed by atoms with Gasteiger partial charge in [-0.2, -0.15) is 0 Å². The predicted octanol–water partition coefficient (Wildman–Crippen LogP) is 9.62. The molecule has 0 amide bonds. The lowest BCUT2D eigenvalue weighted by Crippen LogP contribution is -2.22. The van der Waals surface area contributed by atoms with Gasteiger partial charge in [-0.25, -0.2) is 4.98 Å². The first-order valence-corrected chi connectivity index (χ1v) is 13.2. The van der Waals surface area contributed by atoms with Crippen LogP contribution in [0.15, 0.2) is 137 Å². The molecule has 0 saturated heterocycles. The van der Waals surface area contributed by atoms with E-state index in [2.05, 4.69) is 125 Å². The zero-order chi connectivity index (χ0) is 24.3. The first kappa shape index (κ1) is 20.6. The highest BCUT2D eigenvalue weighted by molar-refractivity contribution is 7.99. The van der Waals surface area contributed by atoms with Gasteiger partial charge in [0, 0.05) is 32.6 Å². The molecule has 2 aliphatic heterocycles. The third kappa shape index (κ3) is 3.00. The minimum absolute atomic E-state index is 0.912. The molecule has 3 nitrogen and oxygen atoms in total. The van der Waals surface area contributed by atoms with Crippen molar-refractivity contribution in [3.8, 4) is 11.1 Å². The topological polar surface area (TPSA) is 19.4 Å². The molecule has 37 heavy (non-hydrogen) atoms. The Bertz CT molecular complexity index is 1810. The van der Waals surface area contributed by atoms with Crippen molar-refractivity contribution in [2.45, 2.75) is 9.79 Å². The summed E-state index contributed by atoms with van der Waals surface area (Å²) in [5.41, 5.74) is 8.33. The van der Waals surface area contributed by atoms with Crippen LogP contribution in [0.2, 0.25) is 0 Å². The van der Waals surface area contributed by atoms with Crippen molar-refractivity contribution in [1.82, 2.24) is 4.98 Å². The fourth-order valence-electron chi connectivity index (χ4n) is 5.69. The smallest absolute Gasteiger partial charge is 0.137 e. The van der Waals surface area contributed by atoms with Gasteiger partial charge in [0.25, 0.3) is 0 Å². The Balaban J connectivity index is 1.52. The minimum atomic E-state index is 0.912. The van der Waals surface area contributed by atoms with Crippen molar-refractivity contribution in [2.24, 2.45) is 0 Å². The minimum Gasteiger partial charge on any atom is -0.307 e. The van der Waals surface area contributed by atoms with Crippen molar-refractivity contribution in [3.05, 3.63) is 128 Å². The van der Waals surface area contributed by atoms with Gasteiger partial charge >= 0.3 is 0 Å². The zero-order valence-electron chi connectivity index (χ0n) is 19.9. The molecule has 174 valence electrons. The van der Waals surface area contributed by atoms with Gasteiger partial charge in [0.1, 0.15) is 5.82 Å². The molecule has 1 aromatic heterocycles. The van der Waals surface area contributed by atoms with Crippen LogP contribution < -0.4 is 9.80 Å². The van der Waals surface area contributed by atoms with Gasteiger partial charge in [-0.15, -0.1) is 0 Å². The Hall–Kier alpha value is -4.54. The summed E-state index contributed by atoms with van der Waals surface area (Å²) in [5, 5.41) is 2.54. The van der Waals surface area contributed by atoms with E-state index in [1.54, 1.807) is 0 Å². The summed E-state index contributed by atoms with van der Waals surface area (Å²) in [5.74, 6) is 0.912. The normalized spacial score (nSPS) is 13.2. The van der Waals surface area contributed by atoms with Crippen LogP contribution in [0.25, 0.3) is 21.9 Å². The Morgan fingerprint density at radius 3 is 2.16 bits per heavy atom. The van der Waals surface area contributed by atoms with Crippen LogP contribution in [0.3, 0.4) is 0 Å². The number of para-hydroxylation sites is 2. The molecule has 2 aliphatic rings. The van der Waals surface area contributed by atoms with Crippen LogP contribution in [-0.2, 0) is 0 Å². The average molecular weight is 492 g/mol. The standard InChI is InChI=1S/C33H21N3S/c1-2-12-23(13-3-1)35-27-16-9-11-22-10-8-14-24(31(22)27)25-19-20-29-33(32(25)35)36(30-18-6-7-21-34-30)26-15-4-5-17-28(26)37-29/h1-21H. The zero-order valence-corrected chi connectivity index (χ0v) is 20.7. The second kappa shape index (κ2) is 7.99. The molecule has 0 atom stereocenters. The predicted molar refractivity (Wildman–Crippen MR) is 154 cm³/mol. The van der Waals surface area contributed by atoms with Crippen LogP contribution >= 0.6 is 11.8 Å². The Kier molecular flexibility index (Phi) is 4.45. The monoisotopic (exact) mass is 491 g/mol. The Morgan fingerprint density at radius 1 is 0.514 bits per heavy atom. The quantitative estimate of drug-likeness (QED) is 0.240. The number of pyridine rings is 1. The molecule has 0 radical (unpaired) electrons. The second-order valence-electron chi connectivity index (χ2n) is 9.25. The maximum Gasteiger partial charge on any atom is 0.137 e. The summed E-state index contributed by atoms with van der Waals surface area (Å²) in [7, 11) is 0. The van der Waals surface area contributed by atoms with Crippen molar-refractivity contribution in [1.29, 1.82) is 0 Å². The molecule has 0 unspecified atom stereocenters. The number of rotatable bonds is 2. The molecule has 4 heteroatoms. The fourth-order valence-corrected chi connectivity index (χ4v) is 6.76. The maximum absolute atomic E-state index is 4.83. The van der Waals surface area contributed by atoms with Gasteiger partial charge in [0.15, 0.2) is 0 Å². The molecular formula is C33H21N3S. The highest BCUT2D eigenvalue weighted by Crippen LogP contribution is 2.61. The summed E-state index contributed by atoms with van der Waals surface area (Å²) in [6.07, 6.45) is 1.87. The van der Waals surface area contributed by atoms with Crippen molar-refractivity contribution >= 4 is 56.8 Å².